The lowest BCUT2D eigenvalue weighted by Gasteiger charge is -2.03. The van der Waals surface area contributed by atoms with E-state index in [0.717, 1.165) is 16.9 Å². The lowest BCUT2D eigenvalue weighted by molar-refractivity contribution is -0.136. The molecule has 5 heteroatoms. The van der Waals surface area contributed by atoms with Gasteiger partial charge < -0.3 is 5.11 Å². The average molecular weight is 294 g/mol. The third-order valence-electron chi connectivity index (χ3n) is 2.66. The summed E-state index contributed by atoms with van der Waals surface area (Å²) in [5, 5.41) is 10.7. The van der Waals surface area contributed by atoms with E-state index in [1.807, 2.05) is 17.5 Å². The zero-order valence-electron chi connectivity index (χ0n) is 10.2. The molecule has 0 aliphatic heterocycles. The van der Waals surface area contributed by atoms with Crippen molar-refractivity contribution in [2.45, 2.75) is 17.7 Å². The number of hydrogen-bond donors (Lipinski definition) is 1. The summed E-state index contributed by atoms with van der Waals surface area (Å²) in [6, 6.07) is 11.0. The van der Waals surface area contributed by atoms with E-state index in [2.05, 4.69) is 0 Å². The van der Waals surface area contributed by atoms with Crippen molar-refractivity contribution in [2.24, 2.45) is 0 Å². The highest BCUT2D eigenvalue weighted by atomic mass is 32.2. The molecule has 1 heterocycles. The Labute approximate surface area is 118 Å². The molecule has 0 aliphatic rings. The summed E-state index contributed by atoms with van der Waals surface area (Å²) in [6.45, 7) is 0. The second-order valence-electron chi connectivity index (χ2n) is 4.09. The van der Waals surface area contributed by atoms with Gasteiger partial charge in [0.2, 0.25) is 0 Å². The van der Waals surface area contributed by atoms with Gasteiger partial charge in [-0.15, -0.1) is 11.3 Å². The average Bonchev–Trinajstić information content (AvgIpc) is 2.89. The van der Waals surface area contributed by atoms with Gasteiger partial charge in [-0.25, -0.2) is 0 Å². The molecular weight excluding hydrogens is 280 g/mol. The van der Waals surface area contributed by atoms with Gasteiger partial charge in [-0.1, -0.05) is 18.2 Å². The zero-order valence-corrected chi connectivity index (χ0v) is 11.9. The summed E-state index contributed by atoms with van der Waals surface area (Å²) in [4.78, 5) is 12.6. The van der Waals surface area contributed by atoms with E-state index in [1.165, 1.54) is 4.88 Å². The number of rotatable bonds is 6. The molecule has 19 heavy (non-hydrogen) atoms. The van der Waals surface area contributed by atoms with Gasteiger partial charge in [-0.2, -0.15) is 0 Å². The molecule has 1 unspecified atom stereocenters. The largest absolute Gasteiger partial charge is 0.481 e. The molecule has 1 aromatic carbocycles. The van der Waals surface area contributed by atoms with E-state index in [1.54, 1.807) is 35.6 Å². The number of thiophene rings is 1. The van der Waals surface area contributed by atoms with Crippen LogP contribution in [0.1, 0.15) is 10.4 Å². The molecule has 0 spiro atoms. The van der Waals surface area contributed by atoms with Gasteiger partial charge in [-0.05, 0) is 35.6 Å². The Balaban J connectivity index is 1.93. The quantitative estimate of drug-likeness (QED) is 0.891. The molecule has 0 amide bonds. The highest BCUT2D eigenvalue weighted by Crippen LogP contribution is 2.14. The SMILES string of the molecule is O=C(O)Cc1ccc(S(=O)CCc2cccs2)cc1. The Kier molecular flexibility index (Phi) is 4.87. The first-order valence-electron chi connectivity index (χ1n) is 5.86. The Hall–Kier alpha value is -1.46. The van der Waals surface area contributed by atoms with Gasteiger partial charge in [0.05, 0.1) is 17.2 Å². The fraction of sp³-hybridized carbons (Fsp3) is 0.214. The van der Waals surface area contributed by atoms with Crippen molar-refractivity contribution < 1.29 is 14.1 Å². The van der Waals surface area contributed by atoms with E-state index in [9.17, 15) is 9.00 Å². The second-order valence-corrected chi connectivity index (χ2v) is 6.70. The summed E-state index contributed by atoms with van der Waals surface area (Å²) in [6.07, 6.45) is 0.809. The topological polar surface area (TPSA) is 54.4 Å². The Morgan fingerprint density at radius 3 is 2.53 bits per heavy atom. The third-order valence-corrected chi connectivity index (χ3v) is 4.96. The monoisotopic (exact) mass is 294 g/mol. The molecule has 0 bridgehead atoms. The summed E-state index contributed by atoms with van der Waals surface area (Å²) in [7, 11) is -1.03. The maximum absolute atomic E-state index is 12.1. The second kappa shape index (κ2) is 6.63. The van der Waals surface area contributed by atoms with Crippen molar-refractivity contribution in [2.75, 3.05) is 5.75 Å². The number of carboxylic acid groups (broad SMARTS) is 1. The van der Waals surface area contributed by atoms with Gasteiger partial charge >= 0.3 is 5.97 Å². The van der Waals surface area contributed by atoms with E-state index in [0.29, 0.717) is 5.75 Å². The van der Waals surface area contributed by atoms with Crippen LogP contribution < -0.4 is 0 Å². The van der Waals surface area contributed by atoms with E-state index >= 15 is 0 Å². The molecule has 2 rings (SSSR count). The van der Waals surface area contributed by atoms with Crippen LogP contribution in [-0.2, 0) is 28.4 Å². The first-order valence-corrected chi connectivity index (χ1v) is 8.06. The summed E-state index contributed by atoms with van der Waals surface area (Å²) < 4.78 is 12.1. The Bertz CT molecular complexity index is 559. The molecule has 0 radical (unpaired) electrons. The van der Waals surface area contributed by atoms with Crippen molar-refractivity contribution in [3.8, 4) is 0 Å². The van der Waals surface area contributed by atoms with Gasteiger partial charge in [0.15, 0.2) is 0 Å². The van der Waals surface area contributed by atoms with Crippen LogP contribution in [0.15, 0.2) is 46.7 Å². The molecule has 0 aliphatic carbocycles. The first-order chi connectivity index (χ1) is 9.15. The summed E-state index contributed by atoms with van der Waals surface area (Å²) in [5.41, 5.74) is 0.728. The van der Waals surface area contributed by atoms with Crippen LogP contribution in [0.5, 0.6) is 0 Å². The summed E-state index contributed by atoms with van der Waals surface area (Å²) >= 11 is 1.67. The fourth-order valence-corrected chi connectivity index (χ4v) is 3.62. The van der Waals surface area contributed by atoms with Gasteiger partial charge in [0.25, 0.3) is 0 Å². The van der Waals surface area contributed by atoms with E-state index in [4.69, 9.17) is 5.11 Å². The number of carboxylic acids is 1. The number of carbonyl (C=O) groups is 1. The van der Waals surface area contributed by atoms with Gasteiger partial charge in [0.1, 0.15) is 0 Å². The van der Waals surface area contributed by atoms with Crippen LogP contribution in [0.4, 0.5) is 0 Å². The van der Waals surface area contributed by atoms with Crippen LogP contribution in [0.2, 0.25) is 0 Å². The van der Waals surface area contributed by atoms with Crippen LogP contribution in [0, 0.1) is 0 Å². The standard InChI is InChI=1S/C14H14O3S2/c15-14(16)10-11-3-5-13(6-4-11)19(17)9-7-12-2-1-8-18-12/h1-6,8H,7,9-10H2,(H,15,16). The molecule has 3 nitrogen and oxygen atoms in total. The first kappa shape index (κ1) is 14.0. The molecule has 100 valence electrons. The van der Waals surface area contributed by atoms with Crippen molar-refractivity contribution >= 4 is 28.1 Å². The fourth-order valence-electron chi connectivity index (χ4n) is 1.70. The minimum atomic E-state index is -1.03. The normalized spacial score (nSPS) is 12.2. The molecular formula is C14H14O3S2. The highest BCUT2D eigenvalue weighted by Gasteiger charge is 2.06. The molecule has 1 aromatic heterocycles. The molecule has 0 saturated carbocycles. The maximum atomic E-state index is 12.1. The van der Waals surface area contributed by atoms with E-state index in [-0.39, 0.29) is 6.42 Å². The highest BCUT2D eigenvalue weighted by molar-refractivity contribution is 7.85. The predicted molar refractivity (Wildman–Crippen MR) is 77.1 cm³/mol. The number of aliphatic carboxylic acids is 1. The zero-order chi connectivity index (χ0) is 13.7. The van der Waals surface area contributed by atoms with Crippen LogP contribution >= 0.6 is 11.3 Å². The number of benzene rings is 1. The number of hydrogen-bond acceptors (Lipinski definition) is 3. The Morgan fingerprint density at radius 2 is 1.95 bits per heavy atom. The molecule has 1 atom stereocenters. The van der Waals surface area contributed by atoms with Crippen molar-refractivity contribution in [1.82, 2.24) is 0 Å². The Morgan fingerprint density at radius 1 is 1.21 bits per heavy atom. The molecule has 1 N–H and O–H groups in total. The van der Waals surface area contributed by atoms with Gasteiger partial charge in [-0.3, -0.25) is 9.00 Å². The number of aryl methyl sites for hydroxylation is 1. The minimum Gasteiger partial charge on any atom is -0.481 e. The van der Waals surface area contributed by atoms with Gasteiger partial charge in [0, 0.05) is 15.5 Å². The molecule has 2 aromatic rings. The van der Waals surface area contributed by atoms with Crippen molar-refractivity contribution in [3.63, 3.8) is 0 Å². The minimum absolute atomic E-state index is 0.00209. The predicted octanol–water partition coefficient (Wildman–Crippen LogP) is 2.73. The lowest BCUT2D eigenvalue weighted by Crippen LogP contribution is -2.02. The van der Waals surface area contributed by atoms with Crippen LogP contribution in [-0.4, -0.2) is 21.0 Å². The van der Waals surface area contributed by atoms with Crippen molar-refractivity contribution in [3.05, 3.63) is 52.2 Å². The smallest absolute Gasteiger partial charge is 0.307 e. The lowest BCUT2D eigenvalue weighted by atomic mass is 10.2. The third kappa shape index (κ3) is 4.29. The van der Waals surface area contributed by atoms with E-state index < -0.39 is 16.8 Å². The summed E-state index contributed by atoms with van der Waals surface area (Å²) in [5.74, 6) is -0.259. The maximum Gasteiger partial charge on any atom is 0.307 e. The van der Waals surface area contributed by atoms with Crippen molar-refractivity contribution in [1.29, 1.82) is 0 Å². The molecule has 0 fully saturated rings. The van der Waals surface area contributed by atoms with Crippen LogP contribution in [0.25, 0.3) is 0 Å². The molecule has 0 saturated heterocycles. The van der Waals surface area contributed by atoms with Crippen LogP contribution in [0.3, 0.4) is 0 Å².